The lowest BCUT2D eigenvalue weighted by atomic mass is 10.0. The van der Waals surface area contributed by atoms with Crippen LogP contribution in [0.25, 0.3) is 0 Å². The normalized spacial score (nSPS) is 15.3. The van der Waals surface area contributed by atoms with Gasteiger partial charge < -0.3 is 10.2 Å². The van der Waals surface area contributed by atoms with Crippen LogP contribution in [0.5, 0.6) is 0 Å². The van der Waals surface area contributed by atoms with Crippen molar-refractivity contribution in [2.24, 2.45) is 0 Å². The number of thioether (sulfide) groups is 1. The molecule has 3 rings (SSSR count). The SMILES string of the molecule is C=CCN(Cc1cccc(C#N)c1)C(=O)N[C@@H]1CCSc2c(F)cccc21. The maximum atomic E-state index is 14.0. The number of urea groups is 1. The standard InChI is InChI=1S/C21H20FN3OS/c1-2-10-25(14-16-6-3-5-15(12-16)13-23)21(26)24-19-9-11-27-20-17(19)7-4-8-18(20)22/h2-8,12,19H,1,9-11,14H2,(H,24,26)/t19-/m1/s1. The first-order chi connectivity index (χ1) is 13.1. The smallest absolute Gasteiger partial charge is 0.318 e. The Morgan fingerprint density at radius 3 is 3.00 bits per heavy atom. The van der Waals surface area contributed by atoms with Crippen LogP contribution >= 0.6 is 11.8 Å². The maximum absolute atomic E-state index is 14.0. The minimum Gasteiger partial charge on any atom is -0.331 e. The van der Waals surface area contributed by atoms with Gasteiger partial charge >= 0.3 is 6.03 Å². The van der Waals surface area contributed by atoms with Gasteiger partial charge in [0.05, 0.1) is 17.7 Å². The van der Waals surface area contributed by atoms with Crippen LogP contribution in [-0.4, -0.2) is 23.2 Å². The topological polar surface area (TPSA) is 56.1 Å². The Morgan fingerprint density at radius 2 is 2.22 bits per heavy atom. The average molecular weight is 381 g/mol. The van der Waals surface area contributed by atoms with E-state index in [1.165, 1.54) is 17.8 Å². The zero-order chi connectivity index (χ0) is 19.2. The van der Waals surface area contributed by atoms with Crippen LogP contribution in [0.4, 0.5) is 9.18 Å². The fourth-order valence-corrected chi connectivity index (χ4v) is 4.25. The molecule has 1 heterocycles. The molecule has 0 spiro atoms. The Morgan fingerprint density at radius 1 is 1.41 bits per heavy atom. The number of benzene rings is 2. The van der Waals surface area contributed by atoms with E-state index in [-0.39, 0.29) is 17.9 Å². The van der Waals surface area contributed by atoms with E-state index in [2.05, 4.69) is 18.0 Å². The van der Waals surface area contributed by atoms with Gasteiger partial charge in [0.2, 0.25) is 0 Å². The Labute approximate surface area is 162 Å². The summed E-state index contributed by atoms with van der Waals surface area (Å²) in [5, 5.41) is 12.1. The number of hydrogen-bond donors (Lipinski definition) is 1. The van der Waals surface area contributed by atoms with Crippen molar-refractivity contribution in [1.29, 1.82) is 5.26 Å². The molecule has 1 atom stereocenters. The molecule has 0 aromatic heterocycles. The van der Waals surface area contributed by atoms with Crippen LogP contribution in [0.3, 0.4) is 0 Å². The summed E-state index contributed by atoms with van der Waals surface area (Å²) in [6.45, 7) is 4.47. The Hall–Kier alpha value is -2.78. The molecular weight excluding hydrogens is 361 g/mol. The van der Waals surface area contributed by atoms with Gasteiger partial charge in [-0.2, -0.15) is 5.26 Å². The summed E-state index contributed by atoms with van der Waals surface area (Å²) in [6.07, 6.45) is 2.41. The lowest BCUT2D eigenvalue weighted by Gasteiger charge is -2.29. The molecule has 6 heteroatoms. The highest BCUT2D eigenvalue weighted by atomic mass is 32.2. The maximum Gasteiger partial charge on any atom is 0.318 e. The number of hydrogen-bond acceptors (Lipinski definition) is 3. The number of fused-ring (bicyclic) bond motifs is 1. The van der Waals surface area contributed by atoms with Crippen molar-refractivity contribution in [2.75, 3.05) is 12.3 Å². The van der Waals surface area contributed by atoms with Gasteiger partial charge in [-0.25, -0.2) is 9.18 Å². The van der Waals surface area contributed by atoms with Crippen molar-refractivity contribution in [3.05, 3.63) is 77.6 Å². The zero-order valence-electron chi connectivity index (χ0n) is 14.8. The van der Waals surface area contributed by atoms with Crippen molar-refractivity contribution < 1.29 is 9.18 Å². The second kappa shape index (κ2) is 8.74. The molecule has 0 aliphatic carbocycles. The largest absolute Gasteiger partial charge is 0.331 e. The second-order valence-corrected chi connectivity index (χ2v) is 7.38. The molecule has 0 bridgehead atoms. The molecular formula is C21H20FN3OS. The van der Waals surface area contributed by atoms with E-state index in [4.69, 9.17) is 5.26 Å². The summed E-state index contributed by atoms with van der Waals surface area (Å²) in [7, 11) is 0. The molecule has 0 fully saturated rings. The molecule has 1 aliphatic rings. The van der Waals surface area contributed by atoms with Crippen LogP contribution in [0.2, 0.25) is 0 Å². The lowest BCUT2D eigenvalue weighted by Crippen LogP contribution is -2.42. The molecule has 0 radical (unpaired) electrons. The molecule has 0 saturated heterocycles. The van der Waals surface area contributed by atoms with Gasteiger partial charge in [0.1, 0.15) is 5.82 Å². The molecule has 2 aromatic rings. The van der Waals surface area contributed by atoms with Crippen LogP contribution < -0.4 is 5.32 Å². The minimum atomic E-state index is -0.243. The van der Waals surface area contributed by atoms with Crippen LogP contribution in [0, 0.1) is 17.1 Å². The van der Waals surface area contributed by atoms with Gasteiger partial charge in [0.25, 0.3) is 0 Å². The molecule has 4 nitrogen and oxygen atoms in total. The van der Waals surface area contributed by atoms with Crippen molar-refractivity contribution in [3.8, 4) is 6.07 Å². The van der Waals surface area contributed by atoms with E-state index in [1.54, 1.807) is 35.2 Å². The van der Waals surface area contributed by atoms with Crippen molar-refractivity contribution in [3.63, 3.8) is 0 Å². The first kappa shape index (κ1) is 19.0. The summed E-state index contributed by atoms with van der Waals surface area (Å²) < 4.78 is 14.0. The van der Waals surface area contributed by atoms with Crippen LogP contribution in [0.1, 0.15) is 29.2 Å². The fourth-order valence-electron chi connectivity index (χ4n) is 3.11. The quantitative estimate of drug-likeness (QED) is 0.768. The van der Waals surface area contributed by atoms with Crippen LogP contribution in [0.15, 0.2) is 60.0 Å². The monoisotopic (exact) mass is 381 g/mol. The molecule has 2 aromatic carbocycles. The number of nitriles is 1. The fraction of sp³-hybridized carbons (Fsp3) is 0.238. The molecule has 27 heavy (non-hydrogen) atoms. The van der Waals surface area contributed by atoms with Gasteiger partial charge in [0, 0.05) is 23.7 Å². The number of carbonyl (C=O) groups excluding carboxylic acids is 1. The summed E-state index contributed by atoms with van der Waals surface area (Å²) in [4.78, 5) is 15.1. The summed E-state index contributed by atoms with van der Waals surface area (Å²) in [6, 6.07) is 13.8. The van der Waals surface area contributed by atoms with E-state index in [9.17, 15) is 9.18 Å². The summed E-state index contributed by atoms with van der Waals surface area (Å²) in [5.41, 5.74) is 2.25. The second-order valence-electron chi connectivity index (χ2n) is 6.28. The third-order valence-corrected chi connectivity index (χ3v) is 5.55. The van der Waals surface area contributed by atoms with Crippen LogP contribution in [-0.2, 0) is 6.54 Å². The number of nitrogens with zero attached hydrogens (tertiary/aromatic N) is 2. The molecule has 2 amide bonds. The van der Waals surface area contributed by atoms with E-state index in [0.717, 1.165) is 23.3 Å². The molecule has 1 N–H and O–H groups in total. The zero-order valence-corrected chi connectivity index (χ0v) is 15.6. The number of nitrogens with one attached hydrogen (secondary N) is 1. The number of amides is 2. The number of rotatable bonds is 5. The van der Waals surface area contributed by atoms with E-state index in [1.807, 2.05) is 12.1 Å². The Bertz CT molecular complexity index is 893. The first-order valence-electron chi connectivity index (χ1n) is 8.69. The predicted molar refractivity (Wildman–Crippen MR) is 105 cm³/mol. The molecule has 138 valence electrons. The van der Waals surface area contributed by atoms with Crippen molar-refractivity contribution >= 4 is 17.8 Å². The summed E-state index contributed by atoms with van der Waals surface area (Å²) in [5.74, 6) is 0.512. The molecule has 0 unspecified atom stereocenters. The van der Waals surface area contributed by atoms with Crippen molar-refractivity contribution in [1.82, 2.24) is 10.2 Å². The van der Waals surface area contributed by atoms with Gasteiger partial charge in [-0.3, -0.25) is 0 Å². The molecule has 1 aliphatic heterocycles. The minimum absolute atomic E-state index is 0.220. The average Bonchev–Trinajstić information content (AvgIpc) is 2.68. The van der Waals surface area contributed by atoms with E-state index >= 15 is 0 Å². The Kier molecular flexibility index (Phi) is 6.15. The third-order valence-electron chi connectivity index (χ3n) is 4.39. The van der Waals surface area contributed by atoms with Gasteiger partial charge in [-0.1, -0.05) is 30.3 Å². The van der Waals surface area contributed by atoms with E-state index in [0.29, 0.717) is 23.5 Å². The third kappa shape index (κ3) is 4.50. The van der Waals surface area contributed by atoms with Crippen molar-refractivity contribution in [2.45, 2.75) is 23.9 Å². The number of halogens is 1. The number of carbonyl (C=O) groups is 1. The van der Waals surface area contributed by atoms with Gasteiger partial charge in [0.15, 0.2) is 0 Å². The highest BCUT2D eigenvalue weighted by Gasteiger charge is 2.26. The first-order valence-corrected chi connectivity index (χ1v) is 9.67. The van der Waals surface area contributed by atoms with E-state index < -0.39 is 0 Å². The van der Waals surface area contributed by atoms with Gasteiger partial charge in [-0.05, 0) is 35.7 Å². The molecule has 0 saturated carbocycles. The Balaban J connectivity index is 1.76. The highest BCUT2D eigenvalue weighted by molar-refractivity contribution is 7.99. The summed E-state index contributed by atoms with van der Waals surface area (Å²) >= 11 is 1.48. The predicted octanol–water partition coefficient (Wildman–Crippen LogP) is 4.63. The van der Waals surface area contributed by atoms with Gasteiger partial charge in [-0.15, -0.1) is 18.3 Å². The lowest BCUT2D eigenvalue weighted by molar-refractivity contribution is 0.196. The highest BCUT2D eigenvalue weighted by Crippen LogP contribution is 2.37.